The predicted octanol–water partition coefficient (Wildman–Crippen LogP) is 3.17. The number of rotatable bonds is 4. The smallest absolute Gasteiger partial charge is 0.343 e. The first-order valence-corrected chi connectivity index (χ1v) is 8.59. The zero-order valence-electron chi connectivity index (χ0n) is 15.6. The van der Waals surface area contributed by atoms with Gasteiger partial charge >= 0.3 is 5.97 Å². The van der Waals surface area contributed by atoms with Crippen LogP contribution in [0.1, 0.15) is 58.7 Å². The summed E-state index contributed by atoms with van der Waals surface area (Å²) in [5, 5.41) is 9.70. The van der Waals surface area contributed by atoms with Crippen molar-refractivity contribution in [1.29, 1.82) is 5.26 Å². The molecule has 3 rings (SSSR count). The van der Waals surface area contributed by atoms with Gasteiger partial charge in [-0.1, -0.05) is 24.3 Å². The molecule has 2 aromatic rings. The molecular formula is C21H18N2O5. The van der Waals surface area contributed by atoms with Gasteiger partial charge in [0.25, 0.3) is 11.8 Å². The first kappa shape index (κ1) is 19.3. The molecule has 0 aliphatic carbocycles. The van der Waals surface area contributed by atoms with Gasteiger partial charge in [-0.2, -0.15) is 5.26 Å². The number of fused-ring (bicyclic) bond motifs is 1. The molecule has 0 aromatic heterocycles. The monoisotopic (exact) mass is 378 g/mol. The molecule has 0 N–H and O–H groups in total. The van der Waals surface area contributed by atoms with Crippen LogP contribution in [-0.2, 0) is 14.4 Å². The Kier molecular flexibility index (Phi) is 4.99. The molecule has 0 spiro atoms. The summed E-state index contributed by atoms with van der Waals surface area (Å²) >= 11 is 0. The van der Waals surface area contributed by atoms with Crippen LogP contribution in [0.2, 0.25) is 0 Å². The lowest BCUT2D eigenvalue weighted by Gasteiger charge is -2.26. The van der Waals surface area contributed by atoms with Crippen molar-refractivity contribution in [3.05, 3.63) is 70.8 Å². The molecule has 1 aliphatic rings. The van der Waals surface area contributed by atoms with Gasteiger partial charge in [-0.25, -0.2) is 9.63 Å². The lowest BCUT2D eigenvalue weighted by molar-refractivity contribution is -0.190. The molecule has 0 radical (unpaired) electrons. The first-order valence-electron chi connectivity index (χ1n) is 8.59. The quantitative estimate of drug-likeness (QED) is 0.599. The number of carbonyl (C=O) groups is 3. The van der Waals surface area contributed by atoms with Gasteiger partial charge < -0.3 is 4.74 Å². The van der Waals surface area contributed by atoms with Gasteiger partial charge in [0, 0.05) is 0 Å². The van der Waals surface area contributed by atoms with Crippen LogP contribution in [0, 0.1) is 11.3 Å². The van der Waals surface area contributed by atoms with Crippen molar-refractivity contribution in [3.8, 4) is 6.07 Å². The van der Waals surface area contributed by atoms with E-state index >= 15 is 0 Å². The van der Waals surface area contributed by atoms with Crippen molar-refractivity contribution in [2.45, 2.75) is 32.5 Å². The summed E-state index contributed by atoms with van der Waals surface area (Å²) in [6.07, 6.45) is -1.39. The van der Waals surface area contributed by atoms with Gasteiger partial charge in [0.05, 0.1) is 22.8 Å². The van der Waals surface area contributed by atoms with Crippen molar-refractivity contribution < 1.29 is 24.0 Å². The van der Waals surface area contributed by atoms with E-state index in [1.54, 1.807) is 51.1 Å². The number of hydroxylamine groups is 2. The van der Waals surface area contributed by atoms with Crippen LogP contribution >= 0.6 is 0 Å². The van der Waals surface area contributed by atoms with Gasteiger partial charge in [-0.3, -0.25) is 9.59 Å². The second kappa shape index (κ2) is 7.25. The summed E-state index contributed by atoms with van der Waals surface area (Å²) in [7, 11) is 0. The molecule has 2 amide bonds. The van der Waals surface area contributed by atoms with Gasteiger partial charge in [-0.15, -0.1) is 5.06 Å². The number of carbonyl (C=O) groups excluding carboxylic acids is 3. The second-order valence-corrected chi connectivity index (χ2v) is 7.21. The minimum absolute atomic E-state index is 0.196. The third-order valence-electron chi connectivity index (χ3n) is 3.91. The lowest BCUT2D eigenvalue weighted by Crippen LogP contribution is -2.36. The van der Waals surface area contributed by atoms with Crippen molar-refractivity contribution in [2.75, 3.05) is 0 Å². The molecule has 1 aliphatic heterocycles. The molecule has 142 valence electrons. The molecule has 7 heteroatoms. The fourth-order valence-electron chi connectivity index (χ4n) is 2.73. The van der Waals surface area contributed by atoms with E-state index in [4.69, 9.17) is 14.8 Å². The van der Waals surface area contributed by atoms with Crippen LogP contribution in [0.15, 0.2) is 48.5 Å². The lowest BCUT2D eigenvalue weighted by atomic mass is 10.1. The number of esters is 1. The van der Waals surface area contributed by atoms with Gasteiger partial charge in [0.2, 0.25) is 6.10 Å². The summed E-state index contributed by atoms with van der Waals surface area (Å²) < 4.78 is 5.39. The molecule has 28 heavy (non-hydrogen) atoms. The van der Waals surface area contributed by atoms with Crippen molar-refractivity contribution in [3.63, 3.8) is 0 Å². The highest BCUT2D eigenvalue weighted by atomic mass is 16.7. The van der Waals surface area contributed by atoms with Gasteiger partial charge in [0.15, 0.2) is 0 Å². The van der Waals surface area contributed by atoms with Gasteiger partial charge in [-0.05, 0) is 50.6 Å². The topological polar surface area (TPSA) is 96.7 Å². The molecule has 1 heterocycles. The average molecular weight is 378 g/mol. The zero-order valence-corrected chi connectivity index (χ0v) is 15.6. The number of imide groups is 1. The number of hydrogen-bond acceptors (Lipinski definition) is 6. The summed E-state index contributed by atoms with van der Waals surface area (Å²) in [5.41, 5.74) is 0.178. The Hall–Kier alpha value is -3.50. The Morgan fingerprint density at radius 3 is 2.18 bits per heavy atom. The van der Waals surface area contributed by atoms with E-state index in [1.807, 2.05) is 6.07 Å². The Morgan fingerprint density at radius 2 is 1.64 bits per heavy atom. The Bertz CT molecular complexity index is 965. The molecule has 2 aromatic carbocycles. The fraction of sp³-hybridized carbons (Fsp3) is 0.238. The first-order chi connectivity index (χ1) is 13.2. The van der Waals surface area contributed by atoms with Crippen LogP contribution in [0.3, 0.4) is 0 Å². The molecule has 0 saturated heterocycles. The largest absolute Gasteiger partial charge is 0.458 e. The number of amides is 2. The van der Waals surface area contributed by atoms with E-state index in [2.05, 4.69) is 0 Å². The SMILES string of the molecule is CC(C)(C)OC(=O)C(ON1C(=O)c2ccccc2C1=O)c1cccc(C#N)c1. The summed E-state index contributed by atoms with van der Waals surface area (Å²) in [4.78, 5) is 43.5. The maximum atomic E-state index is 12.8. The van der Waals surface area contributed by atoms with Crippen LogP contribution in [0.5, 0.6) is 0 Å². The van der Waals surface area contributed by atoms with Crippen LogP contribution in [-0.4, -0.2) is 28.4 Å². The number of hydrogen-bond donors (Lipinski definition) is 0. The predicted molar refractivity (Wildman–Crippen MR) is 97.8 cm³/mol. The minimum atomic E-state index is -1.39. The summed E-state index contributed by atoms with van der Waals surface area (Å²) in [6, 6.07) is 14.4. The number of benzene rings is 2. The van der Waals surface area contributed by atoms with Crippen LogP contribution < -0.4 is 0 Å². The highest BCUT2D eigenvalue weighted by molar-refractivity contribution is 6.20. The third-order valence-corrected chi connectivity index (χ3v) is 3.91. The van der Waals surface area contributed by atoms with E-state index in [-0.39, 0.29) is 11.1 Å². The van der Waals surface area contributed by atoms with Crippen LogP contribution in [0.25, 0.3) is 0 Å². The van der Waals surface area contributed by atoms with Crippen molar-refractivity contribution >= 4 is 17.8 Å². The van der Waals surface area contributed by atoms with Gasteiger partial charge in [0.1, 0.15) is 5.60 Å². The zero-order chi connectivity index (χ0) is 20.5. The molecule has 0 saturated carbocycles. The summed E-state index contributed by atoms with van der Waals surface area (Å²) in [5.74, 6) is -2.10. The van der Waals surface area contributed by atoms with Crippen molar-refractivity contribution in [2.24, 2.45) is 0 Å². The summed E-state index contributed by atoms with van der Waals surface area (Å²) in [6.45, 7) is 5.07. The van der Waals surface area contributed by atoms with E-state index in [9.17, 15) is 14.4 Å². The number of nitriles is 1. The average Bonchev–Trinajstić information content (AvgIpc) is 2.89. The second-order valence-electron chi connectivity index (χ2n) is 7.21. The third kappa shape index (κ3) is 3.77. The Morgan fingerprint density at radius 1 is 1.04 bits per heavy atom. The molecule has 0 bridgehead atoms. The molecule has 1 atom stereocenters. The standard InChI is InChI=1S/C21H18N2O5/c1-21(2,3)27-20(26)17(14-8-6-7-13(11-14)12-22)28-23-18(24)15-9-4-5-10-16(15)19(23)25/h4-11,17H,1-3H3. The highest BCUT2D eigenvalue weighted by Crippen LogP contribution is 2.29. The Balaban J connectivity index is 1.96. The Labute approximate surface area is 162 Å². The number of nitrogens with zero attached hydrogens (tertiary/aromatic N) is 2. The van der Waals surface area contributed by atoms with E-state index in [0.29, 0.717) is 16.2 Å². The highest BCUT2D eigenvalue weighted by Gasteiger charge is 2.41. The molecule has 7 nitrogen and oxygen atoms in total. The maximum Gasteiger partial charge on any atom is 0.343 e. The minimum Gasteiger partial charge on any atom is -0.458 e. The molecule has 0 fully saturated rings. The molecular weight excluding hydrogens is 360 g/mol. The maximum absolute atomic E-state index is 12.8. The van der Waals surface area contributed by atoms with E-state index in [0.717, 1.165) is 0 Å². The van der Waals surface area contributed by atoms with Crippen LogP contribution in [0.4, 0.5) is 0 Å². The normalized spacial score (nSPS) is 14.4. The molecule has 1 unspecified atom stereocenters. The fourth-order valence-corrected chi connectivity index (χ4v) is 2.73. The van der Waals surface area contributed by atoms with E-state index < -0.39 is 29.5 Å². The number of ether oxygens (including phenoxy) is 1. The van der Waals surface area contributed by atoms with Crippen molar-refractivity contribution in [1.82, 2.24) is 5.06 Å². The van der Waals surface area contributed by atoms with E-state index in [1.165, 1.54) is 18.2 Å².